The molecule has 1 aromatic carbocycles. The van der Waals surface area contributed by atoms with Gasteiger partial charge >= 0.3 is 6.03 Å². The van der Waals surface area contributed by atoms with E-state index in [1.807, 2.05) is 39.0 Å². The van der Waals surface area contributed by atoms with Crippen molar-refractivity contribution in [3.63, 3.8) is 0 Å². The zero-order valence-electron chi connectivity index (χ0n) is 32.7. The van der Waals surface area contributed by atoms with E-state index >= 15 is 0 Å². The number of rotatable bonds is 16. The molecule has 55 heavy (non-hydrogen) atoms. The van der Waals surface area contributed by atoms with Crippen LogP contribution in [0.3, 0.4) is 0 Å². The molecule has 18 nitrogen and oxygen atoms in total. The van der Waals surface area contributed by atoms with E-state index in [4.69, 9.17) is 43.2 Å². The van der Waals surface area contributed by atoms with Crippen molar-refractivity contribution >= 4 is 56.0 Å². The number of amides is 6. The molecule has 2 aliphatic heterocycles. The number of likely N-dealkylation sites (N-methyl/N-ethyl adjacent to an activating group) is 1. The molecule has 0 saturated carbocycles. The van der Waals surface area contributed by atoms with Crippen LogP contribution in [0.25, 0.3) is 0 Å². The summed E-state index contributed by atoms with van der Waals surface area (Å²) in [5.41, 5.74) is 7.87. The number of nitrogens with two attached hydrogens (primary N) is 1. The second-order valence-electron chi connectivity index (χ2n) is 12.4. The lowest BCUT2D eigenvalue weighted by molar-refractivity contribution is -0.139. The number of aryl methyl sites for hydroxylation is 1. The summed E-state index contributed by atoms with van der Waals surface area (Å²) in [5.74, 6) is -0.599. The average molecular weight is 781 g/mol. The number of primary amides is 1. The van der Waals surface area contributed by atoms with Gasteiger partial charge in [0.25, 0.3) is 6.47 Å². The highest BCUT2D eigenvalue weighted by Gasteiger charge is 2.28. The summed E-state index contributed by atoms with van der Waals surface area (Å²) in [6.45, 7) is 9.85. The van der Waals surface area contributed by atoms with E-state index < -0.39 is 24.3 Å². The zero-order chi connectivity index (χ0) is 42.2. The number of ether oxygens (including phenoxy) is 2. The zero-order valence-corrected chi connectivity index (χ0v) is 32.7. The third-order valence-electron chi connectivity index (χ3n) is 7.42. The van der Waals surface area contributed by atoms with Gasteiger partial charge in [-0.2, -0.15) is 0 Å². The van der Waals surface area contributed by atoms with Gasteiger partial charge in [-0.15, -0.1) is 0 Å². The Morgan fingerprint density at radius 1 is 1.04 bits per heavy atom. The molecule has 2 aliphatic rings. The van der Waals surface area contributed by atoms with Crippen molar-refractivity contribution in [2.24, 2.45) is 11.7 Å². The van der Waals surface area contributed by atoms with Crippen molar-refractivity contribution in [3.05, 3.63) is 29.3 Å². The highest BCUT2D eigenvalue weighted by Crippen LogP contribution is 2.16. The fraction of sp³-hybridized carbons (Fsp3) is 0.639. The summed E-state index contributed by atoms with van der Waals surface area (Å²) >= 11 is 0. The number of carbonyl (C=O) groups excluding carboxylic acids is 6. The monoisotopic (exact) mass is 780 g/mol. The number of hydrogen-bond acceptors (Lipinski definition) is 12. The molecule has 0 aliphatic carbocycles. The Hall–Kier alpha value is -4.43. The highest BCUT2D eigenvalue weighted by molar-refractivity contribution is 6.08. The lowest BCUT2D eigenvalue weighted by Gasteiger charge is -2.21. The third kappa shape index (κ3) is 26.9. The van der Waals surface area contributed by atoms with Gasteiger partial charge in [-0.25, -0.2) is 4.79 Å². The van der Waals surface area contributed by atoms with Crippen LogP contribution < -0.4 is 27.0 Å². The van der Waals surface area contributed by atoms with Gasteiger partial charge in [-0.3, -0.25) is 28.9 Å². The standard InChI is InChI=1S/C14H22N2O5.C12H17BN2O.C5H10O3.C4H10N2O.CH2O2/c1-10(2)11(9-17)15-12(18)5-7-21-8-6-16-13(19)3-4-14(16)20;1-3-9-6-11(5-4-10(9)7-13)15-12(16)8-14-2;6-4-1-5(7)3-8-2-4;1-2-3-6-4(5)7;2-1-3/h9-11H,3-8H2,1-2H3,(H,15,18);4-6,14H,3,7-8H2,1-2H3,(H,15,16);4-7H,1-3H2;2-3H2,1H3,(H3,5,6,7);1H,(H,2,3). The van der Waals surface area contributed by atoms with Crippen molar-refractivity contribution in [2.45, 2.75) is 90.8 Å². The minimum atomic E-state index is -0.489. The Kier molecular flexibility index (Phi) is 31.6. The molecule has 2 radical (unpaired) electrons. The van der Waals surface area contributed by atoms with Crippen LogP contribution in [0.5, 0.6) is 0 Å². The molecule has 3 atom stereocenters. The van der Waals surface area contributed by atoms with E-state index in [-0.39, 0.29) is 75.0 Å². The molecule has 310 valence electrons. The minimum absolute atomic E-state index is 0.0370. The molecule has 3 rings (SSSR count). The molecule has 2 heterocycles. The maximum absolute atomic E-state index is 11.6. The summed E-state index contributed by atoms with van der Waals surface area (Å²) in [6, 6.07) is 4.90. The maximum atomic E-state index is 11.6. The largest absolute Gasteiger partial charge is 0.483 e. The van der Waals surface area contributed by atoms with Crippen LogP contribution in [-0.2, 0) is 51.0 Å². The molecule has 6 amide bonds. The number of nitrogens with one attached hydrogen (secondary N) is 4. The first-order valence-electron chi connectivity index (χ1n) is 18.1. The first-order chi connectivity index (χ1) is 26.1. The number of likely N-dealkylation sites (tertiary alicyclic amines) is 1. The molecule has 2 saturated heterocycles. The number of carbonyl (C=O) groups is 7. The lowest BCUT2D eigenvalue weighted by Crippen LogP contribution is -2.40. The molecule has 1 aromatic rings. The normalized spacial score (nSPS) is 16.3. The topological polar surface area (TPSA) is 276 Å². The molecule has 0 aromatic heterocycles. The third-order valence-corrected chi connectivity index (χ3v) is 7.42. The Balaban J connectivity index is 0. The molecule has 0 spiro atoms. The van der Waals surface area contributed by atoms with Crippen LogP contribution in [0.2, 0.25) is 0 Å². The minimum Gasteiger partial charge on any atom is -0.483 e. The smallest absolute Gasteiger partial charge is 0.312 e. The van der Waals surface area contributed by atoms with Gasteiger partial charge in [0.15, 0.2) is 0 Å². The molecule has 9 N–H and O–H groups in total. The number of aliphatic hydroxyl groups is 2. The highest BCUT2D eigenvalue weighted by atomic mass is 16.5. The summed E-state index contributed by atoms with van der Waals surface area (Å²) < 4.78 is 10.0. The lowest BCUT2D eigenvalue weighted by atomic mass is 9.91. The molecular weight excluding hydrogens is 719 g/mol. The fourth-order valence-electron chi connectivity index (χ4n) is 4.55. The number of imide groups is 1. The van der Waals surface area contributed by atoms with Crippen molar-refractivity contribution in [3.8, 4) is 0 Å². The quantitative estimate of drug-likeness (QED) is 0.0470. The number of carboxylic acid groups (broad SMARTS) is 1. The Morgan fingerprint density at radius 3 is 2.05 bits per heavy atom. The Bertz CT molecular complexity index is 1270. The molecule has 2 fully saturated rings. The van der Waals surface area contributed by atoms with Crippen molar-refractivity contribution in [1.29, 1.82) is 0 Å². The molecule has 3 unspecified atom stereocenters. The predicted octanol–water partition coefficient (Wildman–Crippen LogP) is -0.149. The van der Waals surface area contributed by atoms with E-state index in [2.05, 4.69) is 28.2 Å². The summed E-state index contributed by atoms with van der Waals surface area (Å²) in [6.07, 6.45) is 3.32. The number of anilines is 1. The van der Waals surface area contributed by atoms with Crippen LogP contribution in [0.1, 0.15) is 70.9 Å². The molecule has 19 heteroatoms. The number of benzene rings is 1. The Morgan fingerprint density at radius 2 is 1.64 bits per heavy atom. The van der Waals surface area contributed by atoms with Gasteiger partial charge in [-0.1, -0.05) is 45.6 Å². The van der Waals surface area contributed by atoms with Crippen LogP contribution >= 0.6 is 0 Å². The number of urea groups is 1. The van der Waals surface area contributed by atoms with Crippen molar-refractivity contribution in [2.75, 3.05) is 58.4 Å². The van der Waals surface area contributed by atoms with Crippen LogP contribution in [0.4, 0.5) is 10.5 Å². The second-order valence-corrected chi connectivity index (χ2v) is 12.4. The van der Waals surface area contributed by atoms with E-state index in [0.717, 1.165) is 24.1 Å². The van der Waals surface area contributed by atoms with Crippen LogP contribution in [0, 0.1) is 5.92 Å². The van der Waals surface area contributed by atoms with Gasteiger partial charge < -0.3 is 56.6 Å². The van der Waals surface area contributed by atoms with Gasteiger partial charge in [0.2, 0.25) is 23.6 Å². The summed E-state index contributed by atoms with van der Waals surface area (Å²) in [4.78, 5) is 75.8. The van der Waals surface area contributed by atoms with E-state index in [1.165, 1.54) is 10.5 Å². The van der Waals surface area contributed by atoms with E-state index in [9.17, 15) is 28.8 Å². The maximum Gasteiger partial charge on any atom is 0.312 e. The van der Waals surface area contributed by atoms with Gasteiger partial charge in [0.1, 0.15) is 6.29 Å². The van der Waals surface area contributed by atoms with E-state index in [1.54, 1.807) is 7.05 Å². The van der Waals surface area contributed by atoms with Gasteiger partial charge in [0, 0.05) is 37.9 Å². The predicted molar refractivity (Wildman–Crippen MR) is 206 cm³/mol. The van der Waals surface area contributed by atoms with Gasteiger partial charge in [0.05, 0.1) is 65.6 Å². The summed E-state index contributed by atoms with van der Waals surface area (Å²) in [5, 5.41) is 35.2. The first-order valence-corrected chi connectivity index (χ1v) is 18.1. The SMILES string of the molecule is CC(C)C(C=O)NC(=O)CCOCCN1C(=O)CCC1=O.CCCNC(N)=O.O=CO.OC1COCC(O)C1.[B]Cc1ccc(NC(=O)CNC)cc1CC. The number of aldehydes is 1. The number of nitrogens with zero attached hydrogens (tertiary/aromatic N) is 1. The van der Waals surface area contributed by atoms with Crippen LogP contribution in [0.15, 0.2) is 18.2 Å². The first kappa shape index (κ1) is 52.7. The van der Waals surface area contributed by atoms with Crippen molar-refractivity contribution < 1.29 is 58.4 Å². The van der Waals surface area contributed by atoms with Crippen LogP contribution in [-0.4, -0.2) is 142 Å². The molecular formula is C36H61BN6O12. The molecule has 0 bridgehead atoms. The second kappa shape index (κ2) is 33.0. The number of aliphatic hydroxyl groups excluding tert-OH is 2. The van der Waals surface area contributed by atoms with Crippen molar-refractivity contribution in [1.82, 2.24) is 20.9 Å². The summed E-state index contributed by atoms with van der Waals surface area (Å²) in [7, 11) is 7.37. The van der Waals surface area contributed by atoms with Gasteiger partial charge in [-0.05, 0) is 43.5 Å². The Labute approximate surface area is 325 Å². The number of hydrogen-bond donors (Lipinski definition) is 8. The average Bonchev–Trinajstić information content (AvgIpc) is 3.46. The fourth-order valence-corrected chi connectivity index (χ4v) is 4.55. The van der Waals surface area contributed by atoms with E-state index in [0.29, 0.717) is 45.3 Å².